The Bertz CT molecular complexity index is 1110. The molecule has 0 amide bonds. The molecule has 0 saturated carbocycles. The summed E-state index contributed by atoms with van der Waals surface area (Å²) in [6.07, 6.45) is 0.628. The molecule has 6 heteroatoms. The molecule has 0 atom stereocenters. The van der Waals surface area contributed by atoms with Crippen LogP contribution in [0, 0.1) is 0 Å². The number of halogens is 1. The van der Waals surface area contributed by atoms with Gasteiger partial charge in [-0.25, -0.2) is 0 Å². The summed E-state index contributed by atoms with van der Waals surface area (Å²) in [6.45, 7) is 0.297. The number of carbonyl (C=O) groups excluding carboxylic acids is 2. The van der Waals surface area contributed by atoms with Gasteiger partial charge >= 0.3 is 0 Å². The largest absolute Gasteiger partial charge is 0.489 e. The first-order chi connectivity index (χ1) is 13.5. The molecule has 28 heavy (non-hydrogen) atoms. The maximum Gasteiger partial charge on any atom is 0.196 e. The Morgan fingerprint density at radius 2 is 1.32 bits per heavy atom. The van der Waals surface area contributed by atoms with E-state index in [1.54, 1.807) is 24.3 Å². The highest BCUT2D eigenvalue weighted by atomic mass is 35.5. The highest BCUT2D eigenvalue weighted by molar-refractivity contribution is 6.40. The van der Waals surface area contributed by atoms with E-state index in [1.807, 2.05) is 30.3 Å². The van der Waals surface area contributed by atoms with Crippen molar-refractivity contribution in [2.24, 2.45) is 0 Å². The van der Waals surface area contributed by atoms with Crippen LogP contribution in [0.2, 0.25) is 5.02 Å². The lowest BCUT2D eigenvalue weighted by atomic mass is 9.82. The fourth-order valence-electron chi connectivity index (χ4n) is 3.41. The Hall–Kier alpha value is -3.31. The van der Waals surface area contributed by atoms with Gasteiger partial charge in [0.2, 0.25) is 0 Å². The molecule has 4 rings (SSSR count). The summed E-state index contributed by atoms with van der Waals surface area (Å²) in [4.78, 5) is 25.9. The van der Waals surface area contributed by atoms with Gasteiger partial charge in [-0.1, -0.05) is 66.2 Å². The molecule has 0 heterocycles. The number of rotatable bonds is 4. The third-order valence-electron chi connectivity index (χ3n) is 4.82. The average molecular weight is 393 g/mol. The first-order valence-corrected chi connectivity index (χ1v) is 9.14. The van der Waals surface area contributed by atoms with Gasteiger partial charge in [0.05, 0.1) is 29.1 Å². The Balaban J connectivity index is 1.74. The van der Waals surface area contributed by atoms with Crippen molar-refractivity contribution < 1.29 is 14.3 Å². The van der Waals surface area contributed by atoms with Crippen molar-refractivity contribution in [1.82, 2.24) is 0 Å². The van der Waals surface area contributed by atoms with Gasteiger partial charge in [-0.2, -0.15) is 0 Å². The van der Waals surface area contributed by atoms with E-state index in [2.05, 4.69) is 0 Å². The van der Waals surface area contributed by atoms with Crippen LogP contribution in [0.25, 0.3) is 0 Å². The van der Waals surface area contributed by atoms with Crippen LogP contribution in [0.4, 0.5) is 11.4 Å². The Labute approximate surface area is 166 Å². The number of hydrogen-bond acceptors (Lipinski definition) is 5. The van der Waals surface area contributed by atoms with Gasteiger partial charge in [0, 0.05) is 17.5 Å². The molecular weight excluding hydrogens is 376 g/mol. The zero-order valence-corrected chi connectivity index (χ0v) is 15.6. The molecule has 0 radical (unpaired) electrons. The van der Waals surface area contributed by atoms with Crippen LogP contribution in [0.1, 0.15) is 37.4 Å². The SMILES string of the molecule is Nc1c(Cl)c(OCCc2ccccc2)c(N)c2c1C(=O)c1ccccc1C2=O. The summed E-state index contributed by atoms with van der Waals surface area (Å²) in [5, 5.41) is 0.0462. The summed E-state index contributed by atoms with van der Waals surface area (Å²) < 4.78 is 5.79. The molecule has 0 fully saturated rings. The van der Waals surface area contributed by atoms with E-state index in [-0.39, 0.29) is 44.8 Å². The molecule has 3 aromatic rings. The number of carbonyl (C=O) groups is 2. The van der Waals surface area contributed by atoms with Gasteiger partial charge in [0.25, 0.3) is 0 Å². The van der Waals surface area contributed by atoms with Gasteiger partial charge < -0.3 is 16.2 Å². The highest BCUT2D eigenvalue weighted by Crippen LogP contribution is 2.45. The van der Waals surface area contributed by atoms with Crippen LogP contribution < -0.4 is 16.2 Å². The molecule has 1 aliphatic carbocycles. The van der Waals surface area contributed by atoms with Gasteiger partial charge in [-0.05, 0) is 5.56 Å². The average Bonchev–Trinajstić information content (AvgIpc) is 2.72. The maximum atomic E-state index is 13.0. The number of ether oxygens (including phenoxy) is 1. The Morgan fingerprint density at radius 1 is 0.786 bits per heavy atom. The third-order valence-corrected chi connectivity index (χ3v) is 5.19. The number of ketones is 2. The number of fused-ring (bicyclic) bond motifs is 2. The van der Waals surface area contributed by atoms with Gasteiger partial charge in [0.15, 0.2) is 17.3 Å². The van der Waals surface area contributed by atoms with E-state index in [4.69, 9.17) is 27.8 Å². The molecular formula is C22H17ClN2O3. The number of nitrogen functional groups attached to an aromatic ring is 2. The smallest absolute Gasteiger partial charge is 0.196 e. The molecule has 0 bridgehead atoms. The number of nitrogens with two attached hydrogens (primary N) is 2. The molecule has 0 aromatic heterocycles. The van der Waals surface area contributed by atoms with Crippen molar-refractivity contribution in [3.63, 3.8) is 0 Å². The van der Waals surface area contributed by atoms with Gasteiger partial charge in [-0.3, -0.25) is 9.59 Å². The third kappa shape index (κ3) is 2.80. The van der Waals surface area contributed by atoms with Crippen LogP contribution in [0.3, 0.4) is 0 Å². The molecule has 0 saturated heterocycles. The summed E-state index contributed by atoms with van der Waals surface area (Å²) in [6, 6.07) is 16.3. The second-order valence-electron chi connectivity index (χ2n) is 6.51. The lowest BCUT2D eigenvalue weighted by Gasteiger charge is -2.23. The molecule has 0 spiro atoms. The van der Waals surface area contributed by atoms with E-state index in [9.17, 15) is 9.59 Å². The van der Waals surface area contributed by atoms with Crippen LogP contribution in [-0.2, 0) is 6.42 Å². The number of hydrogen-bond donors (Lipinski definition) is 2. The number of anilines is 2. The van der Waals surface area contributed by atoms with Crippen LogP contribution >= 0.6 is 11.6 Å². The predicted molar refractivity (Wildman–Crippen MR) is 109 cm³/mol. The minimum atomic E-state index is -0.368. The summed E-state index contributed by atoms with van der Waals surface area (Å²) >= 11 is 6.36. The Kier molecular flexibility index (Phi) is 4.53. The standard InChI is InChI=1S/C22H17ClN2O3/c23-17-18(24)15-16(21(27)14-9-5-4-8-13(14)20(15)26)19(25)22(17)28-11-10-12-6-2-1-3-7-12/h1-9H,10-11,24-25H2. The van der Waals surface area contributed by atoms with Gasteiger partial charge in [0.1, 0.15) is 5.02 Å². The maximum absolute atomic E-state index is 13.0. The van der Waals surface area contributed by atoms with Crippen molar-refractivity contribution in [2.45, 2.75) is 6.42 Å². The van der Waals surface area contributed by atoms with Crippen molar-refractivity contribution in [3.05, 3.63) is 87.4 Å². The first kappa shape index (κ1) is 18.1. The molecule has 5 nitrogen and oxygen atoms in total. The van der Waals surface area contributed by atoms with Crippen LogP contribution in [-0.4, -0.2) is 18.2 Å². The highest BCUT2D eigenvalue weighted by Gasteiger charge is 2.36. The normalized spacial score (nSPS) is 12.5. The summed E-state index contributed by atoms with van der Waals surface area (Å²) in [5.41, 5.74) is 14.2. The molecule has 3 aromatic carbocycles. The second-order valence-corrected chi connectivity index (χ2v) is 6.89. The van der Waals surface area contributed by atoms with Crippen molar-refractivity contribution in [3.8, 4) is 5.75 Å². The second kappa shape index (κ2) is 7.02. The molecule has 140 valence electrons. The van der Waals surface area contributed by atoms with E-state index in [1.165, 1.54) is 0 Å². The van der Waals surface area contributed by atoms with Crippen LogP contribution in [0.5, 0.6) is 5.75 Å². The quantitative estimate of drug-likeness (QED) is 0.513. The fourth-order valence-corrected chi connectivity index (χ4v) is 3.66. The number of benzene rings is 3. The summed E-state index contributed by atoms with van der Waals surface area (Å²) in [5.74, 6) is -0.597. The Morgan fingerprint density at radius 3 is 1.93 bits per heavy atom. The zero-order valence-electron chi connectivity index (χ0n) is 14.9. The van der Waals surface area contributed by atoms with E-state index in [0.717, 1.165) is 5.56 Å². The van der Waals surface area contributed by atoms with E-state index >= 15 is 0 Å². The zero-order chi connectivity index (χ0) is 19.8. The summed E-state index contributed by atoms with van der Waals surface area (Å²) in [7, 11) is 0. The van der Waals surface area contributed by atoms with E-state index < -0.39 is 0 Å². The predicted octanol–water partition coefficient (Wildman–Crippen LogP) is 3.90. The molecule has 0 aliphatic heterocycles. The van der Waals surface area contributed by atoms with Gasteiger partial charge in [-0.15, -0.1) is 0 Å². The molecule has 0 unspecified atom stereocenters. The molecule has 4 N–H and O–H groups in total. The lowest BCUT2D eigenvalue weighted by Crippen LogP contribution is -2.24. The minimum absolute atomic E-state index is 0.00781. The van der Waals surface area contributed by atoms with Crippen LogP contribution in [0.15, 0.2) is 54.6 Å². The molecule has 1 aliphatic rings. The topological polar surface area (TPSA) is 95.4 Å². The van der Waals surface area contributed by atoms with E-state index in [0.29, 0.717) is 24.2 Å². The van der Waals surface area contributed by atoms with Crippen molar-refractivity contribution in [1.29, 1.82) is 0 Å². The van der Waals surface area contributed by atoms with Crippen molar-refractivity contribution >= 4 is 34.5 Å². The first-order valence-electron chi connectivity index (χ1n) is 8.76. The lowest BCUT2D eigenvalue weighted by molar-refractivity contribution is 0.0980. The minimum Gasteiger partial charge on any atom is -0.489 e. The monoisotopic (exact) mass is 392 g/mol. The van der Waals surface area contributed by atoms with Crippen molar-refractivity contribution in [2.75, 3.05) is 18.1 Å². The fraction of sp³-hybridized carbons (Fsp3) is 0.0909.